The minimum atomic E-state index is 1.10. The normalized spacial score (nSPS) is 11.2. The molecule has 0 amide bonds. The summed E-state index contributed by atoms with van der Waals surface area (Å²) >= 11 is 0. The van der Waals surface area contributed by atoms with Gasteiger partial charge in [-0.2, -0.15) is 0 Å². The van der Waals surface area contributed by atoms with Gasteiger partial charge in [0, 0.05) is 50.0 Å². The molecule has 2 aromatic heterocycles. The molecule has 0 bridgehead atoms. The van der Waals surface area contributed by atoms with Gasteiger partial charge in [-0.1, -0.05) is 159 Å². The zero-order valence-electron chi connectivity index (χ0n) is 36.5. The lowest BCUT2D eigenvalue weighted by atomic mass is 9.99. The van der Waals surface area contributed by atoms with Crippen LogP contribution in [0.3, 0.4) is 0 Å². The van der Waals surface area contributed by atoms with Crippen molar-refractivity contribution in [2.45, 2.75) is 13.8 Å². The molecule has 3 nitrogen and oxygen atoms in total. The molecule has 65 heavy (non-hydrogen) atoms. The first-order valence-electron chi connectivity index (χ1n) is 22.6. The van der Waals surface area contributed by atoms with Crippen molar-refractivity contribution in [2.75, 3.05) is 4.90 Å². The lowest BCUT2D eigenvalue weighted by Crippen LogP contribution is -2.09. The largest absolute Gasteiger partial charge is 0.311 e. The summed E-state index contributed by atoms with van der Waals surface area (Å²) in [6.07, 6.45) is 0. The minimum Gasteiger partial charge on any atom is -0.311 e. The Labute approximate surface area is 380 Å². The summed E-state index contributed by atoms with van der Waals surface area (Å²) in [7, 11) is 0. The fourth-order valence-corrected chi connectivity index (χ4v) is 9.51. The first-order valence-corrected chi connectivity index (χ1v) is 22.6. The summed E-state index contributed by atoms with van der Waals surface area (Å²) in [5.74, 6) is 0. The van der Waals surface area contributed by atoms with E-state index in [9.17, 15) is 0 Å². The Morgan fingerprint density at radius 2 is 0.554 bits per heavy atom. The molecule has 0 aliphatic rings. The molecular formula is C62H47N3. The molecular weight excluding hydrogens is 787 g/mol. The molecule has 0 saturated carbocycles. The van der Waals surface area contributed by atoms with Crippen molar-refractivity contribution in [3.8, 4) is 44.8 Å². The predicted molar refractivity (Wildman–Crippen MR) is 277 cm³/mol. The van der Waals surface area contributed by atoms with Gasteiger partial charge in [-0.3, -0.25) is 0 Å². The summed E-state index contributed by atoms with van der Waals surface area (Å²) in [6, 6.07) is 90.0. The molecule has 0 aliphatic carbocycles. The number of rotatable bonds is 8. The topological polar surface area (TPSA) is 13.1 Å². The van der Waals surface area contributed by atoms with Crippen molar-refractivity contribution in [1.29, 1.82) is 0 Å². The van der Waals surface area contributed by atoms with Crippen LogP contribution in [0, 0.1) is 0 Å². The van der Waals surface area contributed by atoms with Gasteiger partial charge in [-0.05, 0) is 137 Å². The lowest BCUT2D eigenvalue weighted by Gasteiger charge is -2.26. The van der Waals surface area contributed by atoms with E-state index in [4.69, 9.17) is 0 Å². The van der Waals surface area contributed by atoms with Crippen molar-refractivity contribution < 1.29 is 0 Å². The van der Waals surface area contributed by atoms with Gasteiger partial charge in [0.25, 0.3) is 0 Å². The molecule has 0 saturated heterocycles. The van der Waals surface area contributed by atoms with Crippen LogP contribution in [0.15, 0.2) is 249 Å². The summed E-state index contributed by atoms with van der Waals surface area (Å²) in [5.41, 5.74) is 17.6. The Hall–Kier alpha value is -8.40. The zero-order valence-corrected chi connectivity index (χ0v) is 36.5. The number of fused-ring (bicyclic) bond motifs is 6. The number of benzene rings is 10. The highest BCUT2D eigenvalue weighted by Crippen LogP contribution is 2.41. The molecule has 310 valence electrons. The van der Waals surface area contributed by atoms with Crippen molar-refractivity contribution in [3.63, 3.8) is 0 Å². The third-order valence-electron chi connectivity index (χ3n) is 12.5. The molecule has 0 fully saturated rings. The van der Waals surface area contributed by atoms with Crippen LogP contribution >= 0.6 is 0 Å². The SMILES string of the molecule is CC.c1ccc(-c2ccc(N(c3ccccc3)c3ccc(-c4ccc5c(c4)c4cc(-c6ccc7c(c6)c6ccccc6n7-c6ccccc6)ccc4n5-c4ccccc4)cc3)cc2)cc1. The molecule has 0 radical (unpaired) electrons. The maximum Gasteiger partial charge on any atom is 0.0541 e. The number of aromatic nitrogens is 2. The second-order valence-electron chi connectivity index (χ2n) is 16.2. The number of anilines is 3. The van der Waals surface area contributed by atoms with Gasteiger partial charge >= 0.3 is 0 Å². The summed E-state index contributed by atoms with van der Waals surface area (Å²) in [6.45, 7) is 4.00. The molecule has 2 heterocycles. The molecule has 10 aromatic carbocycles. The first-order chi connectivity index (χ1) is 32.2. The molecule has 12 rings (SSSR count). The summed E-state index contributed by atoms with van der Waals surface area (Å²) in [4.78, 5) is 2.33. The lowest BCUT2D eigenvalue weighted by molar-refractivity contribution is 1.18. The Bertz CT molecular complexity index is 3570. The summed E-state index contributed by atoms with van der Waals surface area (Å²) < 4.78 is 4.78. The number of hydrogen-bond donors (Lipinski definition) is 0. The second kappa shape index (κ2) is 17.0. The van der Waals surface area contributed by atoms with Crippen LogP contribution in [0.4, 0.5) is 17.1 Å². The van der Waals surface area contributed by atoms with E-state index in [1.54, 1.807) is 0 Å². The van der Waals surface area contributed by atoms with E-state index in [-0.39, 0.29) is 0 Å². The van der Waals surface area contributed by atoms with Crippen LogP contribution in [0.5, 0.6) is 0 Å². The van der Waals surface area contributed by atoms with E-state index >= 15 is 0 Å². The Morgan fingerprint density at radius 3 is 1.03 bits per heavy atom. The molecule has 0 aliphatic heterocycles. The fourth-order valence-electron chi connectivity index (χ4n) is 9.51. The van der Waals surface area contributed by atoms with E-state index in [1.165, 1.54) is 82.7 Å². The van der Waals surface area contributed by atoms with Gasteiger partial charge in [-0.15, -0.1) is 0 Å². The van der Waals surface area contributed by atoms with E-state index in [0.29, 0.717) is 0 Å². The zero-order chi connectivity index (χ0) is 43.7. The van der Waals surface area contributed by atoms with Gasteiger partial charge in [0.05, 0.1) is 22.1 Å². The first kappa shape index (κ1) is 39.4. The van der Waals surface area contributed by atoms with Crippen LogP contribution in [0.1, 0.15) is 13.8 Å². The standard InChI is InChI=1S/C60H41N3.C2H6/c1-5-15-42(16-6-1)43-25-32-51(33-26-43)61(48-17-7-2-8-18-48)52-34-27-44(28-35-52)45-29-36-59-55(39-45)56-41-47(31-38-60(56)63(59)50-21-11-4-12-22-50)46-30-37-58-54(40-46)53-23-13-14-24-57(53)62(58)49-19-9-3-10-20-49;1-2/h1-41H;1-2H3. The fraction of sp³-hybridized carbons (Fsp3) is 0.0323. The van der Waals surface area contributed by atoms with E-state index in [1.807, 2.05) is 13.8 Å². The van der Waals surface area contributed by atoms with E-state index in [0.717, 1.165) is 22.7 Å². The van der Waals surface area contributed by atoms with Crippen LogP contribution in [-0.4, -0.2) is 9.13 Å². The quantitative estimate of drug-likeness (QED) is 0.149. The maximum absolute atomic E-state index is 2.40. The molecule has 0 spiro atoms. The van der Waals surface area contributed by atoms with Crippen LogP contribution in [-0.2, 0) is 0 Å². The molecule has 0 unspecified atom stereocenters. The van der Waals surface area contributed by atoms with Gasteiger partial charge in [0.15, 0.2) is 0 Å². The second-order valence-corrected chi connectivity index (χ2v) is 16.2. The van der Waals surface area contributed by atoms with Crippen molar-refractivity contribution >= 4 is 60.7 Å². The average Bonchev–Trinajstić information content (AvgIpc) is 3.90. The highest BCUT2D eigenvalue weighted by molar-refractivity contribution is 6.13. The monoisotopic (exact) mass is 833 g/mol. The number of hydrogen-bond acceptors (Lipinski definition) is 1. The van der Waals surface area contributed by atoms with E-state index < -0.39 is 0 Å². The number of nitrogens with zero attached hydrogens (tertiary/aromatic N) is 3. The van der Waals surface area contributed by atoms with Gasteiger partial charge in [0.1, 0.15) is 0 Å². The highest BCUT2D eigenvalue weighted by atomic mass is 15.1. The van der Waals surface area contributed by atoms with E-state index in [2.05, 4.69) is 263 Å². The van der Waals surface area contributed by atoms with Crippen molar-refractivity contribution in [2.24, 2.45) is 0 Å². The average molecular weight is 834 g/mol. The number of para-hydroxylation sites is 4. The third kappa shape index (κ3) is 7.14. The summed E-state index contributed by atoms with van der Waals surface area (Å²) in [5, 5.41) is 4.96. The van der Waals surface area contributed by atoms with Crippen molar-refractivity contribution in [3.05, 3.63) is 249 Å². The van der Waals surface area contributed by atoms with Gasteiger partial charge in [-0.25, -0.2) is 0 Å². The Balaban J connectivity index is 0.00000231. The molecule has 3 heteroatoms. The van der Waals surface area contributed by atoms with Crippen LogP contribution < -0.4 is 4.90 Å². The Morgan fingerprint density at radius 1 is 0.246 bits per heavy atom. The molecule has 0 N–H and O–H groups in total. The minimum absolute atomic E-state index is 1.10. The Kier molecular flexibility index (Phi) is 10.3. The maximum atomic E-state index is 2.40. The highest BCUT2D eigenvalue weighted by Gasteiger charge is 2.18. The van der Waals surface area contributed by atoms with Gasteiger partial charge < -0.3 is 14.0 Å². The smallest absolute Gasteiger partial charge is 0.0541 e. The van der Waals surface area contributed by atoms with Crippen molar-refractivity contribution in [1.82, 2.24) is 9.13 Å². The predicted octanol–water partition coefficient (Wildman–Crippen LogP) is 17.4. The molecule has 0 atom stereocenters. The third-order valence-corrected chi connectivity index (χ3v) is 12.5. The molecule has 12 aromatic rings. The van der Waals surface area contributed by atoms with Crippen LogP contribution in [0.2, 0.25) is 0 Å². The van der Waals surface area contributed by atoms with Gasteiger partial charge in [0.2, 0.25) is 0 Å². The van der Waals surface area contributed by atoms with Crippen LogP contribution in [0.25, 0.3) is 88.4 Å².